The summed E-state index contributed by atoms with van der Waals surface area (Å²) in [5.74, 6) is 0.469. The number of imidazole rings is 1. The van der Waals surface area contributed by atoms with Crippen LogP contribution in [0.3, 0.4) is 0 Å². The van der Waals surface area contributed by atoms with E-state index in [4.69, 9.17) is 4.74 Å². The highest BCUT2D eigenvalue weighted by molar-refractivity contribution is 5.88. The summed E-state index contributed by atoms with van der Waals surface area (Å²) in [6, 6.07) is 4.43. The van der Waals surface area contributed by atoms with Crippen molar-refractivity contribution in [1.82, 2.24) is 24.0 Å². The lowest BCUT2D eigenvalue weighted by atomic mass is 9.91. The summed E-state index contributed by atoms with van der Waals surface area (Å²) >= 11 is 0. The van der Waals surface area contributed by atoms with E-state index in [1.165, 1.54) is 27.8 Å². The summed E-state index contributed by atoms with van der Waals surface area (Å²) in [6.07, 6.45) is -1.61. The lowest BCUT2D eigenvalue weighted by Gasteiger charge is -2.39. The van der Waals surface area contributed by atoms with Gasteiger partial charge in [-0.15, -0.1) is 0 Å². The maximum atomic E-state index is 13.0. The molecule has 1 aromatic carbocycles. The largest absolute Gasteiger partial charge is 0.416 e. The van der Waals surface area contributed by atoms with Crippen molar-refractivity contribution in [2.75, 3.05) is 26.8 Å². The van der Waals surface area contributed by atoms with Gasteiger partial charge in [0.2, 0.25) is 0 Å². The predicted molar refractivity (Wildman–Crippen MR) is 110 cm³/mol. The van der Waals surface area contributed by atoms with E-state index in [2.05, 4.69) is 9.97 Å². The molecule has 0 radical (unpaired) electrons. The fraction of sp³-hybridized carbons (Fsp3) is 0.429. The quantitative estimate of drug-likeness (QED) is 0.560. The fourth-order valence-electron chi connectivity index (χ4n) is 3.76. The molecule has 1 aliphatic rings. The lowest BCUT2D eigenvalue weighted by molar-refractivity contribution is -0.137. The predicted octanol–water partition coefficient (Wildman–Crippen LogP) is 2.80. The van der Waals surface area contributed by atoms with Crippen LogP contribution in [0.1, 0.15) is 29.3 Å². The topological polar surface area (TPSA) is 82.2 Å². The van der Waals surface area contributed by atoms with Gasteiger partial charge in [-0.2, -0.15) is 13.2 Å². The third kappa shape index (κ3) is 3.99. The van der Waals surface area contributed by atoms with Crippen molar-refractivity contribution in [1.29, 1.82) is 0 Å². The zero-order valence-corrected chi connectivity index (χ0v) is 17.6. The second-order valence-corrected chi connectivity index (χ2v) is 7.77. The molecule has 4 rings (SSSR count). The molecule has 8 nitrogen and oxygen atoms in total. The number of hydrogen-bond acceptors (Lipinski definition) is 5. The SMILES string of the molecule is COCCCc1ncc2c(n1)n(C)c(=O)n2C(=O)N1CC(c2ccc(C(F)(F)F)cc2)C1. The highest BCUT2D eigenvalue weighted by Crippen LogP contribution is 2.32. The minimum absolute atomic E-state index is 0.0875. The molecule has 1 aliphatic heterocycles. The average Bonchev–Trinajstić information content (AvgIpc) is 2.97. The molecule has 1 saturated heterocycles. The highest BCUT2D eigenvalue weighted by atomic mass is 19.4. The van der Waals surface area contributed by atoms with Gasteiger partial charge in [-0.3, -0.25) is 4.57 Å². The number of carbonyl (C=O) groups is 1. The van der Waals surface area contributed by atoms with E-state index in [0.29, 0.717) is 43.1 Å². The summed E-state index contributed by atoms with van der Waals surface area (Å²) in [4.78, 5) is 35.9. The Morgan fingerprint density at radius 1 is 1.22 bits per heavy atom. The minimum Gasteiger partial charge on any atom is -0.385 e. The van der Waals surface area contributed by atoms with Crippen LogP contribution in [0.4, 0.5) is 18.0 Å². The van der Waals surface area contributed by atoms with Gasteiger partial charge < -0.3 is 9.64 Å². The van der Waals surface area contributed by atoms with Crippen molar-refractivity contribution >= 4 is 17.2 Å². The van der Waals surface area contributed by atoms with Crippen LogP contribution in [0.25, 0.3) is 11.2 Å². The first-order valence-electron chi connectivity index (χ1n) is 10.1. The molecular weight excluding hydrogens is 427 g/mol. The van der Waals surface area contributed by atoms with Gasteiger partial charge in [0.25, 0.3) is 0 Å². The van der Waals surface area contributed by atoms with Crippen LogP contribution in [0.2, 0.25) is 0 Å². The number of methoxy groups -OCH3 is 1. The second kappa shape index (κ2) is 8.38. The molecule has 11 heteroatoms. The number of amides is 1. The van der Waals surface area contributed by atoms with Gasteiger partial charge >= 0.3 is 17.9 Å². The van der Waals surface area contributed by atoms with Gasteiger partial charge in [0.1, 0.15) is 11.3 Å². The number of hydrogen-bond donors (Lipinski definition) is 0. The van der Waals surface area contributed by atoms with E-state index >= 15 is 0 Å². The molecule has 0 spiro atoms. The van der Waals surface area contributed by atoms with Gasteiger partial charge in [0.05, 0.1) is 11.8 Å². The molecule has 32 heavy (non-hydrogen) atoms. The summed E-state index contributed by atoms with van der Waals surface area (Å²) < 4.78 is 45.6. The summed E-state index contributed by atoms with van der Waals surface area (Å²) in [7, 11) is 3.15. The number of benzene rings is 1. The molecule has 0 atom stereocenters. The Kier molecular flexibility index (Phi) is 5.76. The number of ether oxygens (including phenoxy) is 1. The number of likely N-dealkylation sites (tertiary alicyclic amines) is 1. The number of alkyl halides is 3. The van der Waals surface area contributed by atoms with Gasteiger partial charge in [0, 0.05) is 46.2 Å². The van der Waals surface area contributed by atoms with Crippen LogP contribution >= 0.6 is 0 Å². The van der Waals surface area contributed by atoms with E-state index in [0.717, 1.165) is 28.7 Å². The van der Waals surface area contributed by atoms with Crippen LogP contribution in [-0.2, 0) is 24.4 Å². The van der Waals surface area contributed by atoms with E-state index in [1.807, 2.05) is 0 Å². The van der Waals surface area contributed by atoms with Gasteiger partial charge in [0.15, 0.2) is 5.65 Å². The minimum atomic E-state index is -4.39. The first-order chi connectivity index (χ1) is 15.2. The summed E-state index contributed by atoms with van der Waals surface area (Å²) in [5.41, 5.74) is 0.168. The molecule has 0 unspecified atom stereocenters. The van der Waals surface area contributed by atoms with E-state index < -0.39 is 23.5 Å². The van der Waals surface area contributed by atoms with E-state index in [9.17, 15) is 22.8 Å². The molecule has 0 N–H and O–H groups in total. The number of rotatable bonds is 5. The zero-order chi connectivity index (χ0) is 23.0. The Morgan fingerprint density at radius 2 is 1.91 bits per heavy atom. The Morgan fingerprint density at radius 3 is 2.53 bits per heavy atom. The zero-order valence-electron chi connectivity index (χ0n) is 17.6. The van der Waals surface area contributed by atoms with Crippen LogP contribution in [0.15, 0.2) is 35.3 Å². The maximum absolute atomic E-state index is 13.0. The molecule has 0 aliphatic carbocycles. The lowest BCUT2D eigenvalue weighted by Crippen LogP contribution is -2.52. The smallest absolute Gasteiger partial charge is 0.385 e. The normalized spacial score (nSPS) is 14.7. The molecule has 170 valence electrons. The van der Waals surface area contributed by atoms with Crippen LogP contribution in [-0.4, -0.2) is 56.8 Å². The molecule has 2 aromatic heterocycles. The highest BCUT2D eigenvalue weighted by Gasteiger charge is 2.35. The fourth-order valence-corrected chi connectivity index (χ4v) is 3.76. The number of aromatic nitrogens is 4. The summed E-state index contributed by atoms with van der Waals surface area (Å²) in [6.45, 7) is 1.18. The second-order valence-electron chi connectivity index (χ2n) is 7.77. The van der Waals surface area contributed by atoms with Crippen molar-refractivity contribution in [3.05, 3.63) is 57.9 Å². The van der Waals surface area contributed by atoms with Crippen molar-refractivity contribution in [2.45, 2.75) is 24.9 Å². The average molecular weight is 449 g/mol. The molecule has 0 saturated carbocycles. The Balaban J connectivity index is 1.50. The van der Waals surface area contributed by atoms with Gasteiger partial charge in [-0.05, 0) is 24.1 Å². The van der Waals surface area contributed by atoms with E-state index in [1.54, 1.807) is 14.2 Å². The molecule has 0 bridgehead atoms. The first kappa shape index (κ1) is 22.0. The Hall–Kier alpha value is -3.21. The monoisotopic (exact) mass is 449 g/mol. The van der Waals surface area contributed by atoms with Crippen LogP contribution in [0, 0.1) is 0 Å². The third-order valence-electron chi connectivity index (χ3n) is 5.64. The molecule has 1 fully saturated rings. The third-order valence-corrected chi connectivity index (χ3v) is 5.64. The van der Waals surface area contributed by atoms with E-state index in [-0.39, 0.29) is 5.92 Å². The Bertz CT molecular complexity index is 1190. The standard InChI is InChI=1S/C21H22F3N5O3/c1-27-18-16(10-25-17(26-18)4-3-9-32-2)29(19(27)30)20(31)28-11-14(12-28)13-5-7-15(8-6-13)21(22,23)24/h5-8,10,14H,3-4,9,11-12H2,1-2H3. The van der Waals surface area contributed by atoms with Crippen molar-refractivity contribution in [3.63, 3.8) is 0 Å². The van der Waals surface area contributed by atoms with Gasteiger partial charge in [-0.25, -0.2) is 24.1 Å². The first-order valence-corrected chi connectivity index (χ1v) is 10.1. The molecule has 3 aromatic rings. The Labute approximate surface area is 181 Å². The number of aryl methyl sites for hydroxylation is 2. The summed E-state index contributed by atoms with van der Waals surface area (Å²) in [5, 5.41) is 0. The van der Waals surface area contributed by atoms with Crippen LogP contribution < -0.4 is 5.69 Å². The number of halogens is 3. The molecule has 3 heterocycles. The molecule has 1 amide bonds. The van der Waals surface area contributed by atoms with Crippen molar-refractivity contribution in [3.8, 4) is 0 Å². The van der Waals surface area contributed by atoms with Gasteiger partial charge in [-0.1, -0.05) is 12.1 Å². The number of nitrogens with zero attached hydrogens (tertiary/aromatic N) is 5. The number of fused-ring (bicyclic) bond motifs is 1. The van der Waals surface area contributed by atoms with Crippen LogP contribution in [0.5, 0.6) is 0 Å². The maximum Gasteiger partial charge on any atom is 0.416 e. The molecular formula is C21H22F3N5O3. The number of carbonyl (C=O) groups excluding carboxylic acids is 1. The van der Waals surface area contributed by atoms with Crippen molar-refractivity contribution in [2.24, 2.45) is 7.05 Å². The van der Waals surface area contributed by atoms with Crippen molar-refractivity contribution < 1.29 is 22.7 Å².